The topological polar surface area (TPSA) is 81.2 Å². The minimum atomic E-state index is -0.709. The van der Waals surface area contributed by atoms with E-state index in [0.717, 1.165) is 16.8 Å². The molecule has 3 aromatic rings. The number of thiazole rings is 1. The highest BCUT2D eigenvalue weighted by Gasteiger charge is 2.15. The molecule has 1 amide bonds. The van der Waals surface area contributed by atoms with Gasteiger partial charge in [-0.1, -0.05) is 17.7 Å². The van der Waals surface area contributed by atoms with Gasteiger partial charge in [0.15, 0.2) is 11.7 Å². The third-order valence-corrected chi connectivity index (χ3v) is 5.24. The van der Waals surface area contributed by atoms with Crippen LogP contribution >= 0.6 is 22.9 Å². The van der Waals surface area contributed by atoms with Gasteiger partial charge in [-0.05, 0) is 55.7 Å². The van der Waals surface area contributed by atoms with E-state index in [1.807, 2.05) is 12.3 Å². The third-order valence-electron chi connectivity index (χ3n) is 4.18. The standard InChI is InChI=1S/C20H18ClN3O3S/c1-11-7-13(3)15(8-12(11)2)16-10-28-20(23-16)24-17(25)9-27-19(26)14-5-4-6-22-18(14)21/h4-8,10H,9H2,1-3H3,(H,23,24,25). The number of esters is 1. The minimum absolute atomic E-state index is 0.0289. The van der Waals surface area contributed by atoms with E-state index in [-0.39, 0.29) is 10.7 Å². The number of aryl methyl sites for hydroxylation is 3. The van der Waals surface area contributed by atoms with Gasteiger partial charge in [0.05, 0.1) is 11.3 Å². The Morgan fingerprint density at radius 2 is 1.93 bits per heavy atom. The second-order valence-electron chi connectivity index (χ2n) is 6.26. The molecular formula is C20H18ClN3O3S. The predicted octanol–water partition coefficient (Wildman–Crippen LogP) is 4.58. The lowest BCUT2D eigenvalue weighted by atomic mass is 9.99. The lowest BCUT2D eigenvalue weighted by Gasteiger charge is -2.07. The monoisotopic (exact) mass is 415 g/mol. The van der Waals surface area contributed by atoms with E-state index in [0.29, 0.717) is 5.13 Å². The summed E-state index contributed by atoms with van der Waals surface area (Å²) < 4.78 is 4.98. The zero-order valence-corrected chi connectivity index (χ0v) is 17.1. The highest BCUT2D eigenvalue weighted by atomic mass is 35.5. The average molecular weight is 416 g/mol. The molecule has 0 radical (unpaired) electrons. The summed E-state index contributed by atoms with van der Waals surface area (Å²) in [5.74, 6) is -1.19. The number of hydrogen-bond donors (Lipinski definition) is 1. The Kier molecular flexibility index (Phi) is 6.06. The molecule has 0 bridgehead atoms. The minimum Gasteiger partial charge on any atom is -0.452 e. The number of aromatic nitrogens is 2. The Bertz CT molecular complexity index is 1050. The fraction of sp³-hybridized carbons (Fsp3) is 0.200. The first-order valence-corrected chi connectivity index (χ1v) is 9.72. The quantitative estimate of drug-likeness (QED) is 0.487. The molecule has 3 rings (SSSR count). The van der Waals surface area contributed by atoms with E-state index in [1.165, 1.54) is 34.7 Å². The van der Waals surface area contributed by atoms with Gasteiger partial charge in [-0.3, -0.25) is 10.1 Å². The first kappa shape index (κ1) is 20.0. The van der Waals surface area contributed by atoms with Crippen LogP contribution < -0.4 is 5.32 Å². The van der Waals surface area contributed by atoms with Gasteiger partial charge in [0.25, 0.3) is 5.91 Å². The summed E-state index contributed by atoms with van der Waals surface area (Å²) in [5.41, 5.74) is 5.45. The summed E-state index contributed by atoms with van der Waals surface area (Å²) in [6, 6.07) is 7.25. The number of nitrogens with one attached hydrogen (secondary N) is 1. The molecule has 0 aliphatic carbocycles. The first-order chi connectivity index (χ1) is 13.3. The van der Waals surface area contributed by atoms with Crippen molar-refractivity contribution in [2.75, 3.05) is 11.9 Å². The van der Waals surface area contributed by atoms with Crippen molar-refractivity contribution in [2.24, 2.45) is 0 Å². The zero-order valence-electron chi connectivity index (χ0n) is 15.6. The van der Waals surface area contributed by atoms with Crippen molar-refractivity contribution in [3.63, 3.8) is 0 Å². The maximum atomic E-state index is 12.1. The van der Waals surface area contributed by atoms with Crippen LogP contribution in [0, 0.1) is 20.8 Å². The molecule has 0 spiro atoms. The molecular weight excluding hydrogens is 398 g/mol. The Hall–Kier alpha value is -2.77. The van der Waals surface area contributed by atoms with Crippen molar-refractivity contribution >= 4 is 39.9 Å². The maximum absolute atomic E-state index is 12.1. The van der Waals surface area contributed by atoms with E-state index in [2.05, 4.69) is 41.3 Å². The number of carbonyl (C=O) groups is 2. The zero-order chi connectivity index (χ0) is 20.3. The summed E-state index contributed by atoms with van der Waals surface area (Å²) >= 11 is 7.15. The number of amides is 1. The predicted molar refractivity (Wildman–Crippen MR) is 110 cm³/mol. The Morgan fingerprint density at radius 1 is 1.18 bits per heavy atom. The molecule has 0 fully saturated rings. The Labute approximate surface area is 171 Å². The van der Waals surface area contributed by atoms with Crippen molar-refractivity contribution in [2.45, 2.75) is 20.8 Å². The van der Waals surface area contributed by atoms with Gasteiger partial charge in [-0.15, -0.1) is 11.3 Å². The Morgan fingerprint density at radius 3 is 2.68 bits per heavy atom. The summed E-state index contributed by atoms with van der Waals surface area (Å²) in [6.45, 7) is 5.71. The molecule has 0 aliphatic rings. The molecule has 0 atom stereocenters. The molecule has 8 heteroatoms. The number of halogens is 1. The number of nitrogens with zero attached hydrogens (tertiary/aromatic N) is 2. The summed E-state index contributed by atoms with van der Waals surface area (Å²) in [5, 5.41) is 4.99. The number of rotatable bonds is 5. The fourth-order valence-electron chi connectivity index (χ4n) is 2.59. The molecule has 0 aliphatic heterocycles. The molecule has 28 heavy (non-hydrogen) atoms. The van der Waals surface area contributed by atoms with Gasteiger partial charge < -0.3 is 4.74 Å². The van der Waals surface area contributed by atoms with Crippen molar-refractivity contribution in [3.8, 4) is 11.3 Å². The molecule has 2 aromatic heterocycles. The molecule has 1 aromatic carbocycles. The van der Waals surface area contributed by atoms with E-state index in [4.69, 9.17) is 16.3 Å². The van der Waals surface area contributed by atoms with Crippen LogP contribution in [-0.4, -0.2) is 28.5 Å². The second-order valence-corrected chi connectivity index (χ2v) is 7.47. The highest BCUT2D eigenvalue weighted by molar-refractivity contribution is 7.14. The van der Waals surface area contributed by atoms with Crippen LogP contribution in [0.5, 0.6) is 0 Å². The lowest BCUT2D eigenvalue weighted by Crippen LogP contribution is -2.21. The van der Waals surface area contributed by atoms with Crippen LogP contribution in [0.2, 0.25) is 5.15 Å². The van der Waals surface area contributed by atoms with Gasteiger partial charge in [-0.2, -0.15) is 0 Å². The molecule has 0 saturated heterocycles. The van der Waals surface area contributed by atoms with Crippen molar-refractivity contribution < 1.29 is 14.3 Å². The van der Waals surface area contributed by atoms with Crippen LogP contribution in [0.4, 0.5) is 5.13 Å². The summed E-state index contributed by atoms with van der Waals surface area (Å²) in [4.78, 5) is 32.3. The maximum Gasteiger partial charge on any atom is 0.341 e. The number of carbonyl (C=O) groups excluding carboxylic acids is 2. The first-order valence-electron chi connectivity index (χ1n) is 8.46. The molecule has 0 saturated carbocycles. The normalized spacial score (nSPS) is 10.6. The van der Waals surface area contributed by atoms with Crippen LogP contribution in [0.1, 0.15) is 27.0 Å². The molecule has 6 nitrogen and oxygen atoms in total. The lowest BCUT2D eigenvalue weighted by molar-refractivity contribution is -0.119. The van der Waals surface area contributed by atoms with E-state index in [1.54, 1.807) is 6.07 Å². The highest BCUT2D eigenvalue weighted by Crippen LogP contribution is 2.29. The van der Waals surface area contributed by atoms with Crippen LogP contribution in [0.25, 0.3) is 11.3 Å². The van der Waals surface area contributed by atoms with E-state index >= 15 is 0 Å². The number of hydrogen-bond acceptors (Lipinski definition) is 6. The van der Waals surface area contributed by atoms with Crippen molar-refractivity contribution in [3.05, 3.63) is 63.2 Å². The molecule has 2 heterocycles. The van der Waals surface area contributed by atoms with E-state index < -0.39 is 18.5 Å². The number of ether oxygens (including phenoxy) is 1. The largest absolute Gasteiger partial charge is 0.452 e. The average Bonchev–Trinajstić information content (AvgIpc) is 3.11. The van der Waals surface area contributed by atoms with Crippen molar-refractivity contribution in [1.29, 1.82) is 0 Å². The smallest absolute Gasteiger partial charge is 0.341 e. The van der Waals surface area contributed by atoms with Gasteiger partial charge in [0, 0.05) is 17.1 Å². The molecule has 144 valence electrons. The third kappa shape index (κ3) is 4.55. The van der Waals surface area contributed by atoms with Gasteiger partial charge in [0.2, 0.25) is 0 Å². The van der Waals surface area contributed by atoms with Crippen LogP contribution in [0.3, 0.4) is 0 Å². The van der Waals surface area contributed by atoms with Crippen LogP contribution in [-0.2, 0) is 9.53 Å². The second kappa shape index (κ2) is 8.50. The van der Waals surface area contributed by atoms with Crippen LogP contribution in [0.15, 0.2) is 35.8 Å². The number of pyridine rings is 1. The molecule has 0 unspecified atom stereocenters. The molecule has 1 N–H and O–H groups in total. The van der Waals surface area contributed by atoms with Crippen molar-refractivity contribution in [1.82, 2.24) is 9.97 Å². The van der Waals surface area contributed by atoms with Gasteiger partial charge >= 0.3 is 5.97 Å². The SMILES string of the molecule is Cc1cc(C)c(-c2csc(NC(=O)COC(=O)c3cccnc3Cl)n2)cc1C. The van der Waals surface area contributed by atoms with E-state index in [9.17, 15) is 9.59 Å². The number of anilines is 1. The summed E-state index contributed by atoms with van der Waals surface area (Å²) in [7, 11) is 0. The Balaban J connectivity index is 1.62. The van der Waals surface area contributed by atoms with Gasteiger partial charge in [-0.25, -0.2) is 14.8 Å². The van der Waals surface area contributed by atoms with Gasteiger partial charge in [0.1, 0.15) is 5.15 Å². The number of benzene rings is 1. The summed E-state index contributed by atoms with van der Waals surface area (Å²) in [6.07, 6.45) is 1.46. The fourth-order valence-corrected chi connectivity index (χ4v) is 3.52.